The molecule has 14 aromatic rings. The molecule has 1 aliphatic carbocycles. The monoisotopic (exact) mass is 983 g/mol. The van der Waals surface area contributed by atoms with Crippen LogP contribution in [-0.2, 0) is 5.41 Å². The van der Waals surface area contributed by atoms with Gasteiger partial charge in [-0.1, -0.05) is 220 Å². The Morgan fingerprint density at radius 3 is 1.48 bits per heavy atom. The van der Waals surface area contributed by atoms with Crippen LogP contribution in [-0.4, -0.2) is 24.1 Å². The lowest BCUT2D eigenvalue weighted by Gasteiger charge is -2.21. The van der Waals surface area contributed by atoms with Gasteiger partial charge in [-0.15, -0.1) is 0 Å². The third-order valence-corrected chi connectivity index (χ3v) is 16.0. The summed E-state index contributed by atoms with van der Waals surface area (Å²) in [6, 6.07) is 94.1. The molecular weight excluding hydrogens is 935 g/mol. The molecule has 15 rings (SSSR count). The van der Waals surface area contributed by atoms with Crippen LogP contribution < -0.4 is 0 Å². The number of hydrogen-bond donors (Lipinski definition) is 0. The average Bonchev–Trinajstić information content (AvgIpc) is 4.32. The molecule has 0 saturated heterocycles. The van der Waals surface area contributed by atoms with Crippen molar-refractivity contribution >= 4 is 43.6 Å². The van der Waals surface area contributed by atoms with Crippen molar-refractivity contribution in [1.82, 2.24) is 24.1 Å². The lowest BCUT2D eigenvalue weighted by Crippen LogP contribution is -2.14. The SMILES string of the molecule is CC1(C)c2ccccc2-c2cc(-c3nc(-c4ccccc4)nc(-c4ccc(-c5ccccc5)cc4-n4c5cc(-c6ccccc6)ccc5c5c(-c6cccc7c6c6ccccc6n7-c6ccccc6)cccc54)n3)ccc21. The average molecular weight is 984 g/mol. The lowest BCUT2D eigenvalue weighted by molar-refractivity contribution is 0.660. The van der Waals surface area contributed by atoms with Crippen molar-refractivity contribution in [3.63, 3.8) is 0 Å². The molecule has 77 heavy (non-hydrogen) atoms. The van der Waals surface area contributed by atoms with E-state index in [9.17, 15) is 0 Å². The number of nitrogens with zero attached hydrogens (tertiary/aromatic N) is 5. The Morgan fingerprint density at radius 1 is 0.286 bits per heavy atom. The summed E-state index contributed by atoms with van der Waals surface area (Å²) in [5, 5.41) is 4.75. The van der Waals surface area contributed by atoms with Crippen LogP contribution in [0.3, 0.4) is 0 Å². The Balaban J connectivity index is 1.02. The smallest absolute Gasteiger partial charge is 0.166 e. The number of rotatable bonds is 8. The first-order valence-electron chi connectivity index (χ1n) is 26.4. The Hall–Kier alpha value is -9.97. The fourth-order valence-electron chi connectivity index (χ4n) is 12.4. The molecule has 0 atom stereocenters. The van der Waals surface area contributed by atoms with Crippen LogP contribution in [0.4, 0.5) is 0 Å². The predicted molar refractivity (Wildman–Crippen MR) is 319 cm³/mol. The highest BCUT2D eigenvalue weighted by atomic mass is 15.1. The first-order chi connectivity index (χ1) is 38.0. The van der Waals surface area contributed by atoms with E-state index >= 15 is 0 Å². The summed E-state index contributed by atoms with van der Waals surface area (Å²) in [7, 11) is 0. The molecule has 5 heteroatoms. The normalized spacial score (nSPS) is 12.6. The van der Waals surface area contributed by atoms with Gasteiger partial charge in [-0.05, 0) is 110 Å². The maximum Gasteiger partial charge on any atom is 0.166 e. The van der Waals surface area contributed by atoms with E-state index in [1.165, 1.54) is 49.5 Å². The molecule has 5 nitrogen and oxygen atoms in total. The van der Waals surface area contributed by atoms with Gasteiger partial charge >= 0.3 is 0 Å². The third-order valence-electron chi connectivity index (χ3n) is 16.0. The van der Waals surface area contributed by atoms with Crippen LogP contribution >= 0.6 is 0 Å². The van der Waals surface area contributed by atoms with E-state index in [2.05, 4.69) is 266 Å². The lowest BCUT2D eigenvalue weighted by atomic mass is 9.82. The van der Waals surface area contributed by atoms with Crippen molar-refractivity contribution in [2.24, 2.45) is 0 Å². The second kappa shape index (κ2) is 17.6. The standard InChI is InChI=1S/C72H49N5/c1-72(2)60-33-17-15-29-53(60)59-43-51(39-42-61(59)72)70-73-69(48-25-11-5-12-26-48)74-71(75-70)58-41-38-50(47-23-9-4-10-24-47)45-66(58)77-64-36-20-32-55(68(64)57-40-37-49(44-65(57)77)46-21-7-3-8-22-46)54-31-19-35-63-67(54)56-30-16-18-34-62(56)76(63)52-27-13-6-14-28-52/h3-45H,1-2H3. The van der Waals surface area contributed by atoms with E-state index < -0.39 is 0 Å². The van der Waals surface area contributed by atoms with E-state index in [1.54, 1.807) is 0 Å². The molecule has 0 spiro atoms. The Kier molecular flexibility index (Phi) is 10.2. The topological polar surface area (TPSA) is 48.5 Å². The number of para-hydroxylation sites is 2. The maximum absolute atomic E-state index is 5.53. The molecule has 0 aliphatic heterocycles. The van der Waals surface area contributed by atoms with Crippen LogP contribution in [0, 0.1) is 0 Å². The molecule has 11 aromatic carbocycles. The fourth-order valence-corrected chi connectivity index (χ4v) is 12.4. The van der Waals surface area contributed by atoms with Crippen molar-refractivity contribution in [3.05, 3.63) is 272 Å². The van der Waals surface area contributed by atoms with Gasteiger partial charge < -0.3 is 9.13 Å². The Labute approximate surface area is 446 Å². The maximum atomic E-state index is 5.53. The van der Waals surface area contributed by atoms with Crippen LogP contribution in [0.2, 0.25) is 0 Å². The summed E-state index contributed by atoms with van der Waals surface area (Å²) < 4.78 is 4.87. The van der Waals surface area contributed by atoms with Crippen LogP contribution in [0.1, 0.15) is 25.0 Å². The van der Waals surface area contributed by atoms with Gasteiger partial charge in [-0.3, -0.25) is 0 Å². The van der Waals surface area contributed by atoms with Crippen LogP contribution in [0.15, 0.2) is 261 Å². The zero-order valence-electron chi connectivity index (χ0n) is 42.6. The van der Waals surface area contributed by atoms with Crippen molar-refractivity contribution in [1.29, 1.82) is 0 Å². The molecule has 0 unspecified atom stereocenters. The molecule has 0 amide bonds. The molecule has 1 aliphatic rings. The molecule has 362 valence electrons. The van der Waals surface area contributed by atoms with Gasteiger partial charge in [0, 0.05) is 49.3 Å². The van der Waals surface area contributed by atoms with E-state index in [0.29, 0.717) is 17.5 Å². The van der Waals surface area contributed by atoms with Crippen LogP contribution in [0.5, 0.6) is 0 Å². The Bertz CT molecular complexity index is 4630. The minimum atomic E-state index is -0.130. The van der Waals surface area contributed by atoms with E-state index in [-0.39, 0.29) is 5.41 Å². The van der Waals surface area contributed by atoms with Crippen molar-refractivity contribution < 1.29 is 0 Å². The number of fused-ring (bicyclic) bond motifs is 9. The van der Waals surface area contributed by atoms with Gasteiger partial charge in [0.2, 0.25) is 0 Å². The first-order valence-corrected chi connectivity index (χ1v) is 26.4. The Morgan fingerprint density at radius 2 is 0.779 bits per heavy atom. The summed E-state index contributed by atoms with van der Waals surface area (Å²) in [6.07, 6.45) is 0. The molecule has 0 radical (unpaired) electrons. The molecule has 3 aromatic heterocycles. The van der Waals surface area contributed by atoms with Gasteiger partial charge in [0.25, 0.3) is 0 Å². The quantitative estimate of drug-likeness (QED) is 0.152. The zero-order chi connectivity index (χ0) is 51.2. The van der Waals surface area contributed by atoms with Crippen LogP contribution in [0.25, 0.3) is 134 Å². The van der Waals surface area contributed by atoms with E-state index in [1.807, 2.05) is 18.2 Å². The second-order valence-electron chi connectivity index (χ2n) is 20.7. The minimum absolute atomic E-state index is 0.130. The summed E-state index contributed by atoms with van der Waals surface area (Å²) in [5.41, 5.74) is 21.2. The first kappa shape index (κ1) is 44.5. The molecule has 0 N–H and O–H groups in total. The van der Waals surface area contributed by atoms with Crippen molar-refractivity contribution in [2.45, 2.75) is 19.3 Å². The second-order valence-corrected chi connectivity index (χ2v) is 20.7. The summed E-state index contributed by atoms with van der Waals surface area (Å²) in [5.74, 6) is 1.83. The number of hydrogen-bond acceptors (Lipinski definition) is 3. The third kappa shape index (κ3) is 7.12. The van der Waals surface area contributed by atoms with Gasteiger partial charge in [0.15, 0.2) is 17.5 Å². The van der Waals surface area contributed by atoms with E-state index in [0.717, 1.165) is 77.8 Å². The minimum Gasteiger partial charge on any atom is -0.309 e. The van der Waals surface area contributed by atoms with Gasteiger partial charge in [-0.25, -0.2) is 15.0 Å². The van der Waals surface area contributed by atoms with Gasteiger partial charge in [0.1, 0.15) is 0 Å². The molecular formula is C72H49N5. The van der Waals surface area contributed by atoms with Crippen molar-refractivity contribution in [2.75, 3.05) is 0 Å². The molecule has 0 fully saturated rings. The van der Waals surface area contributed by atoms with Gasteiger partial charge in [-0.2, -0.15) is 0 Å². The van der Waals surface area contributed by atoms with Gasteiger partial charge in [0.05, 0.1) is 27.8 Å². The zero-order valence-corrected chi connectivity index (χ0v) is 42.6. The number of benzene rings is 11. The molecule has 0 bridgehead atoms. The highest BCUT2D eigenvalue weighted by Crippen LogP contribution is 2.50. The summed E-state index contributed by atoms with van der Waals surface area (Å²) in [6.45, 7) is 4.63. The highest BCUT2D eigenvalue weighted by molar-refractivity contribution is 6.22. The fraction of sp³-hybridized carbons (Fsp3) is 0.0417. The summed E-state index contributed by atoms with van der Waals surface area (Å²) >= 11 is 0. The highest BCUT2D eigenvalue weighted by Gasteiger charge is 2.35. The largest absolute Gasteiger partial charge is 0.309 e. The van der Waals surface area contributed by atoms with Crippen molar-refractivity contribution in [3.8, 4) is 90.0 Å². The molecule has 3 heterocycles. The molecule has 0 saturated carbocycles. The predicted octanol–water partition coefficient (Wildman–Crippen LogP) is 18.4. The number of aromatic nitrogens is 5. The van der Waals surface area contributed by atoms with E-state index in [4.69, 9.17) is 15.0 Å². The summed E-state index contributed by atoms with van der Waals surface area (Å²) in [4.78, 5) is 16.3.